The van der Waals surface area contributed by atoms with E-state index in [0.29, 0.717) is 5.69 Å². The molecule has 1 aliphatic heterocycles. The van der Waals surface area contributed by atoms with Crippen LogP contribution in [0.1, 0.15) is 31.8 Å². The number of rotatable bonds is 2. The van der Waals surface area contributed by atoms with Crippen molar-refractivity contribution >= 4 is 38.4 Å². The number of carbonyl (C=O) groups is 2. The Morgan fingerprint density at radius 3 is 2.14 bits per heavy atom. The molecule has 0 saturated carbocycles. The summed E-state index contributed by atoms with van der Waals surface area (Å²) in [5.74, 6) is -1.10. The molecule has 0 atom stereocenters. The number of amides is 2. The van der Waals surface area contributed by atoms with Crippen LogP contribution in [-0.2, 0) is 10.1 Å². The predicted molar refractivity (Wildman–Crippen MR) is 99.0 cm³/mol. The van der Waals surface area contributed by atoms with Gasteiger partial charge in [0.1, 0.15) is 10.1 Å². The molecule has 8 heteroatoms. The van der Waals surface area contributed by atoms with E-state index in [1.165, 1.54) is 24.3 Å². The van der Waals surface area contributed by atoms with E-state index in [2.05, 4.69) is 0 Å². The van der Waals surface area contributed by atoms with Crippen LogP contribution in [0, 0.1) is 13.8 Å². The summed E-state index contributed by atoms with van der Waals surface area (Å²) in [6.07, 6.45) is 0. The van der Waals surface area contributed by atoms with Crippen molar-refractivity contribution in [1.29, 1.82) is 0 Å². The second-order valence-corrected chi connectivity index (χ2v) is 7.88. The van der Waals surface area contributed by atoms with Gasteiger partial charge in [0, 0.05) is 21.9 Å². The molecule has 3 aromatic carbocycles. The summed E-state index contributed by atoms with van der Waals surface area (Å²) in [6.45, 7) is 3.73. The van der Waals surface area contributed by atoms with Gasteiger partial charge in [0.05, 0.1) is 10.6 Å². The molecule has 3 aromatic rings. The van der Waals surface area contributed by atoms with Gasteiger partial charge in [-0.2, -0.15) is 0 Å². The van der Waals surface area contributed by atoms with Gasteiger partial charge in [0.25, 0.3) is 11.8 Å². The Hall–Kier alpha value is -2.03. The van der Waals surface area contributed by atoms with E-state index in [1.807, 2.05) is 26.0 Å². The molecule has 1 heterocycles. The summed E-state index contributed by atoms with van der Waals surface area (Å²) in [7, 11) is -4.75. The maximum absolute atomic E-state index is 13.1. The molecule has 4 rings (SSSR count). The normalized spacial score (nSPS) is 13.6. The molecule has 0 aliphatic carbocycles. The van der Waals surface area contributed by atoms with Crippen LogP contribution in [-0.4, -0.2) is 24.8 Å². The molecule has 0 spiro atoms. The SMILES string of the molecule is Cc1ccc(N2C(=O)c3cccc4c(S(=O)(=O)[O-])ccc(c34)C2=O)c(C)c1.[Na+]. The Bertz CT molecular complexity index is 1240. The van der Waals surface area contributed by atoms with Gasteiger partial charge in [0.15, 0.2) is 0 Å². The fourth-order valence-electron chi connectivity index (χ4n) is 3.56. The van der Waals surface area contributed by atoms with Crippen molar-refractivity contribution in [3.05, 3.63) is 70.8 Å². The summed E-state index contributed by atoms with van der Waals surface area (Å²) < 4.78 is 34.7. The zero-order valence-electron chi connectivity index (χ0n) is 15.5. The van der Waals surface area contributed by atoms with Crippen molar-refractivity contribution in [2.45, 2.75) is 18.7 Å². The summed E-state index contributed by atoms with van der Waals surface area (Å²) in [6, 6.07) is 12.3. The number of anilines is 1. The van der Waals surface area contributed by atoms with Crippen LogP contribution in [0.25, 0.3) is 10.8 Å². The smallest absolute Gasteiger partial charge is 0.744 e. The first-order valence-electron chi connectivity index (χ1n) is 8.18. The van der Waals surface area contributed by atoms with Gasteiger partial charge in [0.2, 0.25) is 0 Å². The minimum absolute atomic E-state index is 0. The van der Waals surface area contributed by atoms with E-state index in [9.17, 15) is 22.6 Å². The van der Waals surface area contributed by atoms with Crippen molar-refractivity contribution in [1.82, 2.24) is 0 Å². The molecular weight excluding hydrogens is 389 g/mol. The molecule has 0 radical (unpaired) electrons. The summed E-state index contributed by atoms with van der Waals surface area (Å²) >= 11 is 0. The Morgan fingerprint density at radius 2 is 1.54 bits per heavy atom. The zero-order valence-corrected chi connectivity index (χ0v) is 18.3. The summed E-state index contributed by atoms with van der Waals surface area (Å²) in [4.78, 5) is 26.8. The zero-order chi connectivity index (χ0) is 19.5. The quantitative estimate of drug-likeness (QED) is 0.345. The van der Waals surface area contributed by atoms with Crippen LogP contribution in [0.4, 0.5) is 5.69 Å². The van der Waals surface area contributed by atoms with Gasteiger partial charge >= 0.3 is 29.6 Å². The predicted octanol–water partition coefficient (Wildman–Crippen LogP) is 0.165. The van der Waals surface area contributed by atoms with Crippen molar-refractivity contribution < 1.29 is 52.1 Å². The average Bonchev–Trinajstić information content (AvgIpc) is 2.60. The first-order valence-corrected chi connectivity index (χ1v) is 9.58. The second kappa shape index (κ2) is 7.09. The third-order valence-corrected chi connectivity index (χ3v) is 5.62. The maximum Gasteiger partial charge on any atom is 1.00 e. The number of benzene rings is 3. The van der Waals surface area contributed by atoms with Gasteiger partial charge in [-0.3, -0.25) is 9.59 Å². The fraction of sp³-hybridized carbons (Fsp3) is 0.100. The Labute approximate surface area is 184 Å². The van der Waals surface area contributed by atoms with Crippen LogP contribution in [0.5, 0.6) is 0 Å². The van der Waals surface area contributed by atoms with Gasteiger partial charge in [-0.25, -0.2) is 13.3 Å². The number of aryl methyl sites for hydroxylation is 2. The number of imide groups is 1. The van der Waals surface area contributed by atoms with E-state index in [-0.39, 0.29) is 51.5 Å². The number of hydrogen-bond acceptors (Lipinski definition) is 5. The van der Waals surface area contributed by atoms with Crippen molar-refractivity contribution in [3.8, 4) is 0 Å². The van der Waals surface area contributed by atoms with Crippen LogP contribution in [0.15, 0.2) is 53.4 Å². The van der Waals surface area contributed by atoms with E-state index in [4.69, 9.17) is 0 Å². The first-order chi connectivity index (χ1) is 12.7. The molecule has 136 valence electrons. The number of carbonyl (C=O) groups excluding carboxylic acids is 2. The third kappa shape index (κ3) is 3.09. The summed E-state index contributed by atoms with van der Waals surface area (Å²) in [5, 5.41) is 0.285. The van der Waals surface area contributed by atoms with E-state index in [1.54, 1.807) is 6.07 Å². The Morgan fingerprint density at radius 1 is 0.893 bits per heavy atom. The van der Waals surface area contributed by atoms with E-state index >= 15 is 0 Å². The molecule has 0 bridgehead atoms. The van der Waals surface area contributed by atoms with Crippen molar-refractivity contribution in [3.63, 3.8) is 0 Å². The van der Waals surface area contributed by atoms with Gasteiger partial charge in [-0.05, 0) is 43.7 Å². The molecule has 0 aromatic heterocycles. The molecule has 0 unspecified atom stereocenters. The van der Waals surface area contributed by atoms with E-state index in [0.717, 1.165) is 22.1 Å². The monoisotopic (exact) mass is 403 g/mol. The fourth-order valence-corrected chi connectivity index (χ4v) is 4.24. The van der Waals surface area contributed by atoms with Crippen LogP contribution < -0.4 is 34.5 Å². The molecular formula is C20H14NNaO5S. The Balaban J connectivity index is 0.00000225. The van der Waals surface area contributed by atoms with Crippen LogP contribution in [0.3, 0.4) is 0 Å². The second-order valence-electron chi connectivity index (χ2n) is 6.53. The first kappa shape index (κ1) is 20.7. The van der Waals surface area contributed by atoms with Gasteiger partial charge < -0.3 is 4.55 Å². The third-order valence-electron chi connectivity index (χ3n) is 4.73. The largest absolute Gasteiger partial charge is 1.00 e. The number of nitrogens with zero attached hydrogens (tertiary/aromatic N) is 1. The van der Waals surface area contributed by atoms with E-state index < -0.39 is 26.8 Å². The Kier molecular flexibility index (Phi) is 5.24. The molecule has 0 N–H and O–H groups in total. The molecule has 0 saturated heterocycles. The summed E-state index contributed by atoms with van der Waals surface area (Å²) in [5.41, 5.74) is 2.62. The van der Waals surface area contributed by atoms with Crippen LogP contribution in [0.2, 0.25) is 0 Å². The minimum Gasteiger partial charge on any atom is -0.744 e. The maximum atomic E-state index is 13.1. The molecule has 28 heavy (non-hydrogen) atoms. The van der Waals surface area contributed by atoms with Crippen LogP contribution >= 0.6 is 0 Å². The minimum atomic E-state index is -4.75. The van der Waals surface area contributed by atoms with Gasteiger partial charge in [-0.1, -0.05) is 29.8 Å². The standard InChI is InChI=1S/C20H15NO5S.Na/c1-11-6-8-16(12(2)10-11)21-19(22)14-5-3-4-13-17(27(24,25)26)9-7-15(18(13)14)20(21)23;/h3-10H,1-2H3,(H,24,25,26);/q;+1/p-1. The molecule has 0 fully saturated rings. The molecule has 2 amide bonds. The average molecular weight is 403 g/mol. The molecule has 6 nitrogen and oxygen atoms in total. The van der Waals surface area contributed by atoms with Crippen molar-refractivity contribution in [2.24, 2.45) is 0 Å². The van der Waals surface area contributed by atoms with Crippen molar-refractivity contribution in [2.75, 3.05) is 4.90 Å². The topological polar surface area (TPSA) is 94.6 Å². The van der Waals surface area contributed by atoms with Gasteiger partial charge in [-0.15, -0.1) is 0 Å². The number of hydrogen-bond donors (Lipinski definition) is 0. The molecule has 1 aliphatic rings.